The van der Waals surface area contributed by atoms with Gasteiger partial charge < -0.3 is 5.32 Å². The predicted molar refractivity (Wildman–Crippen MR) is 117 cm³/mol. The monoisotopic (exact) mass is 426 g/mol. The SMILES string of the molecule is O=C(Cn1[nH]c(=O)c2ccccc2c1=O)NC1CCN(Cc2ccc(Cl)cc2)CC1. The Hall–Kier alpha value is -2.90. The van der Waals surface area contributed by atoms with Crippen LogP contribution in [-0.4, -0.2) is 39.7 Å². The van der Waals surface area contributed by atoms with Crippen LogP contribution in [-0.2, 0) is 17.9 Å². The van der Waals surface area contributed by atoms with Crippen LogP contribution in [0.5, 0.6) is 0 Å². The number of H-pyrrole nitrogens is 1. The lowest BCUT2D eigenvalue weighted by Gasteiger charge is -2.32. The normalized spacial score (nSPS) is 15.4. The molecule has 0 spiro atoms. The number of piperidine rings is 1. The number of halogens is 1. The highest BCUT2D eigenvalue weighted by Crippen LogP contribution is 2.16. The number of likely N-dealkylation sites (tertiary alicyclic amines) is 1. The lowest BCUT2D eigenvalue weighted by atomic mass is 10.0. The average Bonchev–Trinajstić information content (AvgIpc) is 2.75. The van der Waals surface area contributed by atoms with Crippen molar-refractivity contribution in [2.75, 3.05) is 13.1 Å². The Morgan fingerprint density at radius 2 is 1.70 bits per heavy atom. The molecule has 4 rings (SSSR count). The molecule has 1 aliphatic heterocycles. The van der Waals surface area contributed by atoms with Crippen molar-refractivity contribution >= 4 is 28.3 Å². The van der Waals surface area contributed by atoms with Crippen molar-refractivity contribution in [1.82, 2.24) is 20.0 Å². The predicted octanol–water partition coefficient (Wildman–Crippen LogP) is 2.12. The Morgan fingerprint density at radius 3 is 2.40 bits per heavy atom. The second-order valence-electron chi connectivity index (χ2n) is 7.62. The summed E-state index contributed by atoms with van der Waals surface area (Å²) in [5.41, 5.74) is 0.452. The maximum atomic E-state index is 12.5. The zero-order chi connectivity index (χ0) is 21.1. The molecule has 156 valence electrons. The molecule has 1 saturated heterocycles. The Kier molecular flexibility index (Phi) is 6.01. The van der Waals surface area contributed by atoms with Gasteiger partial charge >= 0.3 is 0 Å². The van der Waals surface area contributed by atoms with Gasteiger partial charge in [0, 0.05) is 30.7 Å². The number of carbonyl (C=O) groups excluding carboxylic acids is 1. The van der Waals surface area contributed by atoms with Crippen LogP contribution in [0.3, 0.4) is 0 Å². The van der Waals surface area contributed by atoms with E-state index in [9.17, 15) is 14.4 Å². The summed E-state index contributed by atoms with van der Waals surface area (Å²) in [6.07, 6.45) is 1.67. The summed E-state index contributed by atoms with van der Waals surface area (Å²) in [6, 6.07) is 14.5. The lowest BCUT2D eigenvalue weighted by Crippen LogP contribution is -2.46. The smallest absolute Gasteiger partial charge is 0.273 e. The minimum absolute atomic E-state index is 0.0573. The van der Waals surface area contributed by atoms with Crippen molar-refractivity contribution in [3.8, 4) is 0 Å². The van der Waals surface area contributed by atoms with Gasteiger partial charge in [0.15, 0.2) is 0 Å². The molecule has 0 bridgehead atoms. The minimum atomic E-state index is -0.381. The van der Waals surface area contributed by atoms with Crippen molar-refractivity contribution in [1.29, 1.82) is 0 Å². The summed E-state index contributed by atoms with van der Waals surface area (Å²) in [4.78, 5) is 39.5. The molecule has 1 fully saturated rings. The number of nitrogens with zero attached hydrogens (tertiary/aromatic N) is 2. The fraction of sp³-hybridized carbons (Fsp3) is 0.318. The fourth-order valence-corrected chi connectivity index (χ4v) is 3.98. The van der Waals surface area contributed by atoms with Gasteiger partial charge in [-0.1, -0.05) is 35.9 Å². The quantitative estimate of drug-likeness (QED) is 0.654. The standard InChI is InChI=1S/C22H23ClN4O3/c23-16-7-5-15(6-8-16)13-26-11-9-17(10-12-26)24-20(28)14-27-22(30)19-4-2-1-3-18(19)21(29)25-27/h1-8,17H,9-14H2,(H,24,28)(H,25,29). The van der Waals surface area contributed by atoms with Crippen LogP contribution in [0.4, 0.5) is 0 Å². The lowest BCUT2D eigenvalue weighted by molar-refractivity contribution is -0.122. The number of aromatic nitrogens is 2. The third-order valence-electron chi connectivity index (χ3n) is 5.46. The molecule has 0 atom stereocenters. The number of nitrogens with one attached hydrogen (secondary N) is 2. The molecule has 7 nitrogen and oxygen atoms in total. The molecule has 2 heterocycles. The van der Waals surface area contributed by atoms with Crippen LogP contribution < -0.4 is 16.4 Å². The highest BCUT2D eigenvalue weighted by Gasteiger charge is 2.21. The van der Waals surface area contributed by atoms with Gasteiger partial charge in [0.25, 0.3) is 11.1 Å². The van der Waals surface area contributed by atoms with Gasteiger partial charge in [0.2, 0.25) is 5.91 Å². The Labute approximate surface area is 178 Å². The highest BCUT2D eigenvalue weighted by molar-refractivity contribution is 6.30. The maximum absolute atomic E-state index is 12.5. The molecule has 1 aliphatic rings. The van der Waals surface area contributed by atoms with E-state index in [1.54, 1.807) is 24.3 Å². The first-order valence-electron chi connectivity index (χ1n) is 9.97. The van der Waals surface area contributed by atoms with E-state index in [-0.39, 0.29) is 29.6 Å². The van der Waals surface area contributed by atoms with Gasteiger partial charge in [-0.05, 0) is 42.7 Å². The van der Waals surface area contributed by atoms with Gasteiger partial charge in [-0.15, -0.1) is 0 Å². The first kappa shape index (κ1) is 20.4. The van der Waals surface area contributed by atoms with E-state index in [1.165, 1.54) is 5.56 Å². The van der Waals surface area contributed by atoms with Crippen molar-refractivity contribution in [2.24, 2.45) is 0 Å². The van der Waals surface area contributed by atoms with E-state index < -0.39 is 0 Å². The topological polar surface area (TPSA) is 87.2 Å². The molecular weight excluding hydrogens is 404 g/mol. The average molecular weight is 427 g/mol. The largest absolute Gasteiger partial charge is 0.352 e. The number of amides is 1. The zero-order valence-electron chi connectivity index (χ0n) is 16.4. The highest BCUT2D eigenvalue weighted by atomic mass is 35.5. The summed E-state index contributed by atoms with van der Waals surface area (Å²) in [5.74, 6) is -0.279. The molecule has 0 aliphatic carbocycles. The molecule has 1 aromatic heterocycles. The van der Waals surface area contributed by atoms with Crippen LogP contribution in [0.15, 0.2) is 58.1 Å². The maximum Gasteiger partial charge on any atom is 0.273 e. The van der Waals surface area contributed by atoms with E-state index in [4.69, 9.17) is 11.6 Å². The van der Waals surface area contributed by atoms with Crippen LogP contribution in [0.2, 0.25) is 5.02 Å². The molecular formula is C22H23ClN4O3. The summed E-state index contributed by atoms with van der Waals surface area (Å²) >= 11 is 5.93. The zero-order valence-corrected chi connectivity index (χ0v) is 17.2. The Balaban J connectivity index is 1.33. The van der Waals surface area contributed by atoms with Crippen molar-refractivity contribution in [2.45, 2.75) is 32.0 Å². The molecule has 2 N–H and O–H groups in total. The molecule has 0 unspecified atom stereocenters. The number of aromatic amines is 1. The molecule has 3 aromatic rings. The first-order valence-corrected chi connectivity index (χ1v) is 10.4. The minimum Gasteiger partial charge on any atom is -0.352 e. The summed E-state index contributed by atoms with van der Waals surface area (Å²) in [6.45, 7) is 2.40. The van der Waals surface area contributed by atoms with Gasteiger partial charge in [-0.25, -0.2) is 4.68 Å². The third kappa shape index (κ3) is 4.63. The summed E-state index contributed by atoms with van der Waals surface area (Å²) in [7, 11) is 0. The van der Waals surface area contributed by atoms with E-state index in [1.807, 2.05) is 24.3 Å². The van der Waals surface area contributed by atoms with Gasteiger partial charge in [-0.3, -0.25) is 24.4 Å². The third-order valence-corrected chi connectivity index (χ3v) is 5.71. The van der Waals surface area contributed by atoms with Crippen molar-refractivity contribution in [3.05, 3.63) is 79.8 Å². The molecule has 8 heteroatoms. The molecule has 0 radical (unpaired) electrons. The number of carbonyl (C=O) groups is 1. The molecule has 30 heavy (non-hydrogen) atoms. The Morgan fingerprint density at radius 1 is 1.03 bits per heavy atom. The van der Waals surface area contributed by atoms with E-state index in [2.05, 4.69) is 15.3 Å². The second kappa shape index (κ2) is 8.85. The number of fused-ring (bicyclic) bond motifs is 1. The summed E-state index contributed by atoms with van der Waals surface area (Å²) < 4.78 is 1.08. The number of hydrogen-bond acceptors (Lipinski definition) is 4. The van der Waals surface area contributed by atoms with Crippen LogP contribution in [0, 0.1) is 0 Å². The first-order chi connectivity index (χ1) is 14.5. The van der Waals surface area contributed by atoms with E-state index in [0.717, 1.165) is 42.2 Å². The van der Waals surface area contributed by atoms with E-state index >= 15 is 0 Å². The van der Waals surface area contributed by atoms with Crippen LogP contribution in [0.25, 0.3) is 10.8 Å². The van der Waals surface area contributed by atoms with Gasteiger partial charge in [0.1, 0.15) is 6.54 Å². The van der Waals surface area contributed by atoms with E-state index in [0.29, 0.717) is 10.8 Å². The Bertz CT molecular complexity index is 1160. The summed E-state index contributed by atoms with van der Waals surface area (Å²) in [5, 5.41) is 6.85. The second-order valence-corrected chi connectivity index (χ2v) is 8.06. The fourth-order valence-electron chi connectivity index (χ4n) is 3.86. The number of hydrogen-bond donors (Lipinski definition) is 2. The van der Waals surface area contributed by atoms with Crippen molar-refractivity contribution < 1.29 is 4.79 Å². The molecule has 0 saturated carbocycles. The van der Waals surface area contributed by atoms with Gasteiger partial charge in [-0.2, -0.15) is 0 Å². The van der Waals surface area contributed by atoms with Crippen LogP contribution >= 0.6 is 11.6 Å². The number of benzene rings is 2. The molecule has 1 amide bonds. The van der Waals surface area contributed by atoms with Crippen molar-refractivity contribution in [3.63, 3.8) is 0 Å². The van der Waals surface area contributed by atoms with Crippen LogP contribution in [0.1, 0.15) is 18.4 Å². The van der Waals surface area contributed by atoms with Gasteiger partial charge in [0.05, 0.1) is 10.8 Å². The molecule has 2 aromatic carbocycles. The number of rotatable bonds is 5.